The SMILES string of the molecule is C=C(/N=C(C)/C=C(\C)C(=O)NC)N1CCN(c2ccccc2)CC1. The van der Waals surface area contributed by atoms with Gasteiger partial charge in [-0.25, -0.2) is 4.99 Å². The minimum atomic E-state index is -0.0911. The van der Waals surface area contributed by atoms with Crippen LogP contribution in [0.3, 0.4) is 0 Å². The molecule has 0 atom stereocenters. The maximum atomic E-state index is 11.5. The van der Waals surface area contributed by atoms with Gasteiger partial charge in [0.1, 0.15) is 5.82 Å². The Balaban J connectivity index is 1.93. The molecule has 1 heterocycles. The van der Waals surface area contributed by atoms with Crippen molar-refractivity contribution < 1.29 is 4.79 Å². The number of benzene rings is 1. The minimum absolute atomic E-state index is 0.0911. The molecule has 128 valence electrons. The second-order valence-electron chi connectivity index (χ2n) is 5.89. The summed E-state index contributed by atoms with van der Waals surface area (Å²) in [5, 5.41) is 2.61. The molecule has 1 aliphatic heterocycles. The molecule has 0 bridgehead atoms. The first-order valence-electron chi connectivity index (χ1n) is 8.21. The van der Waals surface area contributed by atoms with Crippen LogP contribution in [0, 0.1) is 0 Å². The van der Waals surface area contributed by atoms with Crippen molar-refractivity contribution in [3.8, 4) is 0 Å². The summed E-state index contributed by atoms with van der Waals surface area (Å²) in [7, 11) is 1.62. The number of likely N-dealkylation sites (N-methyl/N-ethyl adjacent to an activating group) is 1. The van der Waals surface area contributed by atoms with Gasteiger partial charge in [-0.3, -0.25) is 4.79 Å². The average molecular weight is 326 g/mol. The van der Waals surface area contributed by atoms with Crippen LogP contribution in [0.1, 0.15) is 13.8 Å². The smallest absolute Gasteiger partial charge is 0.246 e. The van der Waals surface area contributed by atoms with Crippen molar-refractivity contribution in [1.29, 1.82) is 0 Å². The number of carbonyl (C=O) groups excluding carboxylic acids is 1. The first-order chi connectivity index (χ1) is 11.5. The van der Waals surface area contributed by atoms with E-state index in [1.807, 2.05) is 13.0 Å². The van der Waals surface area contributed by atoms with E-state index < -0.39 is 0 Å². The Hall–Kier alpha value is -2.56. The van der Waals surface area contributed by atoms with Crippen LogP contribution in [-0.4, -0.2) is 49.7 Å². The number of anilines is 1. The second-order valence-corrected chi connectivity index (χ2v) is 5.89. The Morgan fingerprint density at radius 3 is 2.38 bits per heavy atom. The van der Waals surface area contributed by atoms with Crippen molar-refractivity contribution in [1.82, 2.24) is 10.2 Å². The normalized spacial score (nSPS) is 16.1. The Kier molecular flexibility index (Phi) is 6.18. The third-order valence-corrected chi connectivity index (χ3v) is 4.08. The number of allylic oxidation sites excluding steroid dienone is 1. The zero-order valence-corrected chi connectivity index (χ0v) is 14.7. The number of hydrogen-bond acceptors (Lipinski definition) is 4. The number of piperazine rings is 1. The summed E-state index contributed by atoms with van der Waals surface area (Å²) in [4.78, 5) is 20.6. The average Bonchev–Trinajstić information content (AvgIpc) is 2.61. The number of para-hydroxylation sites is 1. The molecule has 0 aromatic heterocycles. The molecule has 1 aromatic carbocycles. The quantitative estimate of drug-likeness (QED) is 0.668. The number of hydrogen-bond donors (Lipinski definition) is 1. The molecule has 5 heteroatoms. The van der Waals surface area contributed by atoms with E-state index in [-0.39, 0.29) is 5.91 Å². The maximum Gasteiger partial charge on any atom is 0.246 e. The van der Waals surface area contributed by atoms with Gasteiger partial charge in [-0.2, -0.15) is 0 Å². The van der Waals surface area contributed by atoms with Crippen LogP contribution in [0.25, 0.3) is 0 Å². The fourth-order valence-corrected chi connectivity index (χ4v) is 2.74. The molecule has 0 radical (unpaired) electrons. The number of amides is 1. The highest BCUT2D eigenvalue weighted by Gasteiger charge is 2.17. The Morgan fingerprint density at radius 2 is 1.79 bits per heavy atom. The number of aliphatic imine (C=N–C) groups is 1. The van der Waals surface area contributed by atoms with Gasteiger partial charge < -0.3 is 15.1 Å². The van der Waals surface area contributed by atoms with Gasteiger partial charge in [0.25, 0.3) is 0 Å². The standard InChI is InChI=1S/C19H26N4O/c1-15(19(24)20-4)14-16(2)21-17(3)22-10-12-23(13-11-22)18-8-6-5-7-9-18/h5-9,14H,3,10-13H2,1-2,4H3,(H,20,24)/b15-14+,21-16+. The Labute approximate surface area is 144 Å². The molecule has 1 amide bonds. The third-order valence-electron chi connectivity index (χ3n) is 4.08. The van der Waals surface area contributed by atoms with E-state index in [1.54, 1.807) is 20.0 Å². The molecule has 1 saturated heterocycles. The fraction of sp³-hybridized carbons (Fsp3) is 0.368. The molecule has 1 fully saturated rings. The molecule has 5 nitrogen and oxygen atoms in total. The van der Waals surface area contributed by atoms with Gasteiger partial charge in [0.15, 0.2) is 0 Å². The summed E-state index contributed by atoms with van der Waals surface area (Å²) < 4.78 is 0. The van der Waals surface area contributed by atoms with E-state index in [4.69, 9.17) is 0 Å². The summed E-state index contributed by atoms with van der Waals surface area (Å²) in [5.74, 6) is 0.660. The lowest BCUT2D eigenvalue weighted by Gasteiger charge is -2.37. The van der Waals surface area contributed by atoms with Crippen molar-refractivity contribution in [2.75, 3.05) is 38.1 Å². The number of rotatable bonds is 5. The van der Waals surface area contributed by atoms with E-state index in [9.17, 15) is 4.79 Å². The lowest BCUT2D eigenvalue weighted by molar-refractivity contribution is -0.116. The van der Waals surface area contributed by atoms with Crippen LogP contribution in [0.4, 0.5) is 5.69 Å². The molecule has 24 heavy (non-hydrogen) atoms. The summed E-state index contributed by atoms with van der Waals surface area (Å²) >= 11 is 0. The monoisotopic (exact) mass is 326 g/mol. The van der Waals surface area contributed by atoms with Gasteiger partial charge >= 0.3 is 0 Å². The molecular formula is C19H26N4O. The van der Waals surface area contributed by atoms with Gasteiger partial charge in [0.05, 0.1) is 0 Å². The number of nitrogens with zero attached hydrogens (tertiary/aromatic N) is 3. The highest BCUT2D eigenvalue weighted by molar-refractivity contribution is 6.02. The molecule has 0 aliphatic carbocycles. The largest absolute Gasteiger partial charge is 0.368 e. The van der Waals surface area contributed by atoms with E-state index in [0.29, 0.717) is 5.57 Å². The van der Waals surface area contributed by atoms with E-state index >= 15 is 0 Å². The van der Waals surface area contributed by atoms with Gasteiger partial charge in [-0.1, -0.05) is 24.8 Å². The van der Waals surface area contributed by atoms with Crippen LogP contribution in [0.5, 0.6) is 0 Å². The number of nitrogens with one attached hydrogen (secondary N) is 1. The molecule has 1 aromatic rings. The molecule has 2 rings (SSSR count). The second kappa shape index (κ2) is 8.34. The van der Waals surface area contributed by atoms with E-state index in [2.05, 4.69) is 51.0 Å². The summed E-state index contributed by atoms with van der Waals surface area (Å²) in [5.41, 5.74) is 2.68. The first kappa shape index (κ1) is 17.8. The van der Waals surface area contributed by atoms with Crippen LogP contribution in [-0.2, 0) is 4.79 Å². The van der Waals surface area contributed by atoms with Crippen molar-refractivity contribution in [3.63, 3.8) is 0 Å². The van der Waals surface area contributed by atoms with Crippen molar-refractivity contribution in [2.24, 2.45) is 4.99 Å². The zero-order valence-electron chi connectivity index (χ0n) is 14.7. The lowest BCUT2D eigenvalue weighted by atomic mass is 10.2. The molecule has 1 aliphatic rings. The molecule has 0 unspecified atom stereocenters. The third kappa shape index (κ3) is 4.72. The van der Waals surface area contributed by atoms with Crippen LogP contribution >= 0.6 is 0 Å². The van der Waals surface area contributed by atoms with Gasteiger partial charge in [0, 0.05) is 50.2 Å². The van der Waals surface area contributed by atoms with Crippen LogP contribution in [0.15, 0.2) is 59.4 Å². The predicted molar refractivity (Wildman–Crippen MR) is 100 cm³/mol. The maximum absolute atomic E-state index is 11.5. The molecule has 1 N–H and O–H groups in total. The first-order valence-corrected chi connectivity index (χ1v) is 8.21. The fourth-order valence-electron chi connectivity index (χ4n) is 2.74. The highest BCUT2D eigenvalue weighted by Crippen LogP contribution is 2.17. The molecular weight excluding hydrogens is 300 g/mol. The summed E-state index contributed by atoms with van der Waals surface area (Å²) in [6.07, 6.45) is 1.78. The van der Waals surface area contributed by atoms with Gasteiger partial charge in [0.2, 0.25) is 5.91 Å². The van der Waals surface area contributed by atoms with Gasteiger partial charge in [-0.05, 0) is 32.1 Å². The van der Waals surface area contributed by atoms with Crippen LogP contribution in [0.2, 0.25) is 0 Å². The van der Waals surface area contributed by atoms with Gasteiger partial charge in [-0.15, -0.1) is 0 Å². The number of carbonyl (C=O) groups is 1. The van der Waals surface area contributed by atoms with Crippen molar-refractivity contribution in [2.45, 2.75) is 13.8 Å². The lowest BCUT2D eigenvalue weighted by Crippen LogP contribution is -2.45. The Bertz CT molecular complexity index is 641. The predicted octanol–water partition coefficient (Wildman–Crippen LogP) is 2.43. The molecule has 0 spiro atoms. The van der Waals surface area contributed by atoms with Crippen molar-refractivity contribution >= 4 is 17.3 Å². The molecule has 0 saturated carbocycles. The van der Waals surface area contributed by atoms with Crippen LogP contribution < -0.4 is 10.2 Å². The zero-order chi connectivity index (χ0) is 17.5. The topological polar surface area (TPSA) is 47.9 Å². The Morgan fingerprint density at radius 1 is 1.17 bits per heavy atom. The van der Waals surface area contributed by atoms with Crippen molar-refractivity contribution in [3.05, 3.63) is 54.4 Å². The van der Waals surface area contributed by atoms with E-state index in [0.717, 1.165) is 37.7 Å². The summed E-state index contributed by atoms with van der Waals surface area (Å²) in [6, 6.07) is 10.4. The minimum Gasteiger partial charge on any atom is -0.368 e. The van der Waals surface area contributed by atoms with E-state index in [1.165, 1.54) is 5.69 Å². The highest BCUT2D eigenvalue weighted by atomic mass is 16.1. The summed E-state index contributed by atoms with van der Waals surface area (Å²) in [6.45, 7) is 11.4.